The molecule has 0 aliphatic carbocycles. The van der Waals surface area contributed by atoms with Crippen molar-refractivity contribution in [1.82, 2.24) is 10.2 Å². The number of unbranched alkanes of at least 4 members (excludes halogenated alkanes) is 1. The highest BCUT2D eigenvalue weighted by atomic mass is 16.5. The lowest BCUT2D eigenvalue weighted by molar-refractivity contribution is -0.141. The molecule has 0 aliphatic rings. The van der Waals surface area contributed by atoms with Crippen LogP contribution in [0.1, 0.15) is 49.3 Å². The van der Waals surface area contributed by atoms with Crippen molar-refractivity contribution in [2.75, 3.05) is 20.3 Å². The van der Waals surface area contributed by atoms with Crippen LogP contribution in [0.4, 0.5) is 0 Å². The fraction of sp³-hybridized carbons (Fsp3) is 0.375. The Morgan fingerprint density at radius 2 is 1.55 bits per heavy atom. The van der Waals surface area contributed by atoms with E-state index in [-0.39, 0.29) is 18.2 Å². The van der Waals surface area contributed by atoms with Gasteiger partial charge in [-0.25, -0.2) is 0 Å². The molecule has 38 heavy (non-hydrogen) atoms. The first-order valence-corrected chi connectivity index (χ1v) is 13.4. The number of amides is 2. The molecule has 202 valence electrons. The summed E-state index contributed by atoms with van der Waals surface area (Å²) in [5, 5.41) is 3.06. The largest absolute Gasteiger partial charge is 0.497 e. The van der Waals surface area contributed by atoms with Crippen LogP contribution in [0.15, 0.2) is 78.9 Å². The lowest BCUT2D eigenvalue weighted by Crippen LogP contribution is -2.50. The third-order valence-electron chi connectivity index (χ3n) is 6.44. The van der Waals surface area contributed by atoms with Crippen molar-refractivity contribution in [3.05, 3.63) is 95.6 Å². The Bertz CT molecular complexity index is 1110. The van der Waals surface area contributed by atoms with Crippen molar-refractivity contribution in [2.45, 2.75) is 58.5 Å². The standard InChI is InChI=1S/C32H40N2O4/c1-4-5-21-33-32(36)30(23-26-10-7-6-8-11-26)34(24-27-15-13-25(2)14-16-27)31(35)12-9-22-38-29-19-17-28(37-3)18-20-29/h6-8,10-11,13-20,30H,4-5,9,12,21-24H2,1-3H3,(H,33,36)/t30-/m1/s1. The molecule has 2 amide bonds. The Morgan fingerprint density at radius 1 is 0.868 bits per heavy atom. The molecule has 0 fully saturated rings. The van der Waals surface area contributed by atoms with E-state index in [0.29, 0.717) is 32.5 Å². The van der Waals surface area contributed by atoms with Gasteiger partial charge >= 0.3 is 0 Å². The summed E-state index contributed by atoms with van der Waals surface area (Å²) < 4.78 is 11.0. The number of aryl methyl sites for hydroxylation is 1. The third-order valence-corrected chi connectivity index (χ3v) is 6.44. The van der Waals surface area contributed by atoms with E-state index in [9.17, 15) is 9.59 Å². The molecular formula is C32H40N2O4. The summed E-state index contributed by atoms with van der Waals surface area (Å²) in [7, 11) is 1.62. The molecule has 3 aromatic rings. The number of nitrogens with zero attached hydrogens (tertiary/aromatic N) is 1. The van der Waals surface area contributed by atoms with E-state index in [1.165, 1.54) is 0 Å². The van der Waals surface area contributed by atoms with Gasteiger partial charge < -0.3 is 19.7 Å². The van der Waals surface area contributed by atoms with Crippen LogP contribution in [0.5, 0.6) is 11.5 Å². The van der Waals surface area contributed by atoms with Crippen LogP contribution in [0.2, 0.25) is 0 Å². The fourth-order valence-corrected chi connectivity index (χ4v) is 4.18. The van der Waals surface area contributed by atoms with Gasteiger partial charge in [-0.15, -0.1) is 0 Å². The first-order chi connectivity index (χ1) is 18.5. The molecule has 3 aromatic carbocycles. The molecule has 0 aliphatic heterocycles. The van der Waals surface area contributed by atoms with Crippen molar-refractivity contribution in [3.63, 3.8) is 0 Å². The van der Waals surface area contributed by atoms with E-state index in [0.717, 1.165) is 41.0 Å². The van der Waals surface area contributed by atoms with Crippen LogP contribution in [0.3, 0.4) is 0 Å². The molecule has 6 nitrogen and oxygen atoms in total. The van der Waals surface area contributed by atoms with E-state index in [4.69, 9.17) is 9.47 Å². The molecular weight excluding hydrogens is 476 g/mol. The highest BCUT2D eigenvalue weighted by molar-refractivity contribution is 5.88. The number of methoxy groups -OCH3 is 1. The average Bonchev–Trinajstić information content (AvgIpc) is 2.95. The van der Waals surface area contributed by atoms with Crippen molar-refractivity contribution >= 4 is 11.8 Å². The molecule has 0 saturated carbocycles. The van der Waals surface area contributed by atoms with Gasteiger partial charge in [-0.2, -0.15) is 0 Å². The molecule has 0 heterocycles. The third kappa shape index (κ3) is 9.25. The van der Waals surface area contributed by atoms with Crippen LogP contribution < -0.4 is 14.8 Å². The van der Waals surface area contributed by atoms with Crippen LogP contribution in [-0.2, 0) is 22.6 Å². The fourth-order valence-electron chi connectivity index (χ4n) is 4.18. The quantitative estimate of drug-likeness (QED) is 0.262. The van der Waals surface area contributed by atoms with Gasteiger partial charge in [0.05, 0.1) is 13.7 Å². The predicted molar refractivity (Wildman–Crippen MR) is 151 cm³/mol. The van der Waals surface area contributed by atoms with Gasteiger partial charge in [0, 0.05) is 25.9 Å². The second kappa shape index (κ2) is 15.5. The number of carbonyl (C=O) groups excluding carboxylic acids is 2. The Kier molecular flexibility index (Phi) is 11.7. The predicted octanol–water partition coefficient (Wildman–Crippen LogP) is 5.72. The lowest BCUT2D eigenvalue weighted by atomic mass is 10.0. The maximum atomic E-state index is 13.6. The summed E-state index contributed by atoms with van der Waals surface area (Å²) in [6.45, 7) is 5.51. The Hall–Kier alpha value is -3.80. The number of hydrogen-bond acceptors (Lipinski definition) is 4. The van der Waals surface area contributed by atoms with Crippen molar-refractivity contribution in [2.24, 2.45) is 0 Å². The van der Waals surface area contributed by atoms with Gasteiger partial charge in [0.25, 0.3) is 0 Å². The monoisotopic (exact) mass is 516 g/mol. The Balaban J connectivity index is 1.75. The van der Waals surface area contributed by atoms with Crippen LogP contribution in [-0.4, -0.2) is 43.0 Å². The van der Waals surface area contributed by atoms with E-state index in [1.54, 1.807) is 12.0 Å². The summed E-state index contributed by atoms with van der Waals surface area (Å²) in [5.74, 6) is 1.32. The van der Waals surface area contributed by atoms with Gasteiger partial charge in [0.15, 0.2) is 0 Å². The number of hydrogen-bond donors (Lipinski definition) is 1. The second-order valence-corrected chi connectivity index (χ2v) is 9.48. The van der Waals surface area contributed by atoms with E-state index < -0.39 is 6.04 Å². The number of carbonyl (C=O) groups is 2. The van der Waals surface area contributed by atoms with E-state index in [1.807, 2.05) is 85.8 Å². The SMILES string of the molecule is CCCCNC(=O)[C@@H](Cc1ccccc1)N(Cc1ccc(C)cc1)C(=O)CCCOc1ccc(OC)cc1. The zero-order chi connectivity index (χ0) is 27.2. The Labute approximate surface area is 227 Å². The van der Waals surface area contributed by atoms with Crippen molar-refractivity contribution in [1.29, 1.82) is 0 Å². The number of ether oxygens (including phenoxy) is 2. The average molecular weight is 517 g/mol. The molecule has 0 radical (unpaired) electrons. The maximum Gasteiger partial charge on any atom is 0.243 e. The zero-order valence-electron chi connectivity index (χ0n) is 22.8. The highest BCUT2D eigenvalue weighted by Gasteiger charge is 2.30. The van der Waals surface area contributed by atoms with Gasteiger partial charge in [-0.1, -0.05) is 73.5 Å². The maximum absolute atomic E-state index is 13.6. The van der Waals surface area contributed by atoms with Gasteiger partial charge in [-0.05, 0) is 55.2 Å². The van der Waals surface area contributed by atoms with Crippen LogP contribution >= 0.6 is 0 Å². The topological polar surface area (TPSA) is 67.9 Å². The summed E-state index contributed by atoms with van der Waals surface area (Å²) >= 11 is 0. The number of nitrogens with one attached hydrogen (secondary N) is 1. The number of rotatable bonds is 15. The summed E-state index contributed by atoms with van der Waals surface area (Å²) in [4.78, 5) is 28.8. The molecule has 0 bridgehead atoms. The molecule has 6 heteroatoms. The lowest BCUT2D eigenvalue weighted by Gasteiger charge is -2.31. The minimum Gasteiger partial charge on any atom is -0.497 e. The molecule has 0 spiro atoms. The number of benzene rings is 3. The summed E-state index contributed by atoms with van der Waals surface area (Å²) in [6.07, 6.45) is 3.18. The van der Waals surface area contributed by atoms with Crippen LogP contribution in [0, 0.1) is 6.92 Å². The molecule has 0 saturated heterocycles. The van der Waals surface area contributed by atoms with Gasteiger partial charge in [-0.3, -0.25) is 9.59 Å². The minimum atomic E-state index is -0.606. The smallest absolute Gasteiger partial charge is 0.243 e. The molecule has 3 rings (SSSR count). The summed E-state index contributed by atoms with van der Waals surface area (Å²) in [5.41, 5.74) is 3.17. The van der Waals surface area contributed by atoms with E-state index in [2.05, 4.69) is 12.2 Å². The molecule has 1 atom stereocenters. The molecule has 0 aromatic heterocycles. The Morgan fingerprint density at radius 3 is 2.21 bits per heavy atom. The normalized spacial score (nSPS) is 11.4. The van der Waals surface area contributed by atoms with Gasteiger partial charge in [0.2, 0.25) is 11.8 Å². The van der Waals surface area contributed by atoms with Gasteiger partial charge in [0.1, 0.15) is 17.5 Å². The van der Waals surface area contributed by atoms with E-state index >= 15 is 0 Å². The van der Waals surface area contributed by atoms with Crippen molar-refractivity contribution in [3.8, 4) is 11.5 Å². The second-order valence-electron chi connectivity index (χ2n) is 9.48. The minimum absolute atomic E-state index is 0.0597. The first kappa shape index (κ1) is 28.8. The molecule has 1 N–H and O–H groups in total. The highest BCUT2D eigenvalue weighted by Crippen LogP contribution is 2.19. The first-order valence-electron chi connectivity index (χ1n) is 13.4. The molecule has 0 unspecified atom stereocenters. The summed E-state index contributed by atoms with van der Waals surface area (Å²) in [6, 6.07) is 24.8. The zero-order valence-corrected chi connectivity index (χ0v) is 22.8. The van der Waals surface area contributed by atoms with Crippen molar-refractivity contribution < 1.29 is 19.1 Å². The van der Waals surface area contributed by atoms with Crippen LogP contribution in [0.25, 0.3) is 0 Å².